The lowest BCUT2D eigenvalue weighted by Crippen LogP contribution is -2.13. The maximum atomic E-state index is 12.6. The van der Waals surface area contributed by atoms with Crippen LogP contribution in [0, 0.1) is 5.92 Å². The van der Waals surface area contributed by atoms with Crippen molar-refractivity contribution in [3.05, 3.63) is 11.5 Å². The molecular weight excluding hydrogens is 202 g/mol. The van der Waals surface area contributed by atoms with Gasteiger partial charge in [0, 0.05) is 18.8 Å². The zero-order chi connectivity index (χ0) is 10.3. The van der Waals surface area contributed by atoms with Gasteiger partial charge in [0.05, 0.1) is 4.91 Å². The van der Waals surface area contributed by atoms with Crippen molar-refractivity contribution in [1.29, 1.82) is 0 Å². The third-order valence-corrected chi connectivity index (χ3v) is 3.19. The van der Waals surface area contributed by atoms with Crippen molar-refractivity contribution < 1.29 is 21.8 Å². The lowest BCUT2D eigenvalue weighted by Gasteiger charge is -2.10. The quantitative estimate of drug-likeness (QED) is 0.710. The van der Waals surface area contributed by atoms with Crippen molar-refractivity contribution in [3.8, 4) is 0 Å². The SMILES string of the molecule is C=C(C1CCC(F)(F)C1)S(=O)(=O)O. The van der Waals surface area contributed by atoms with Gasteiger partial charge in [-0.1, -0.05) is 6.58 Å². The predicted octanol–water partition coefficient (Wildman–Crippen LogP) is 1.82. The lowest BCUT2D eigenvalue weighted by atomic mass is 10.1. The molecule has 1 atom stereocenters. The Morgan fingerprint density at radius 2 is 2.08 bits per heavy atom. The minimum Gasteiger partial charge on any atom is -0.282 e. The van der Waals surface area contributed by atoms with E-state index in [9.17, 15) is 17.2 Å². The molecule has 1 rings (SSSR count). The van der Waals surface area contributed by atoms with E-state index in [2.05, 4.69) is 6.58 Å². The van der Waals surface area contributed by atoms with Gasteiger partial charge in [-0.25, -0.2) is 8.78 Å². The molecule has 0 amide bonds. The molecule has 0 bridgehead atoms. The highest BCUT2D eigenvalue weighted by molar-refractivity contribution is 7.89. The number of hydrogen-bond donors (Lipinski definition) is 1. The Morgan fingerprint density at radius 3 is 2.38 bits per heavy atom. The molecule has 0 radical (unpaired) electrons. The molecule has 0 aromatic carbocycles. The van der Waals surface area contributed by atoms with Crippen LogP contribution in [0.4, 0.5) is 8.78 Å². The maximum Gasteiger partial charge on any atom is 0.290 e. The third kappa shape index (κ3) is 2.47. The smallest absolute Gasteiger partial charge is 0.282 e. The molecule has 1 aliphatic carbocycles. The molecule has 0 saturated heterocycles. The van der Waals surface area contributed by atoms with Crippen molar-refractivity contribution in [1.82, 2.24) is 0 Å². The molecule has 13 heavy (non-hydrogen) atoms. The van der Waals surface area contributed by atoms with Gasteiger partial charge in [0.1, 0.15) is 0 Å². The zero-order valence-corrected chi connectivity index (χ0v) is 7.65. The second-order valence-corrected chi connectivity index (χ2v) is 4.71. The molecule has 76 valence electrons. The first-order valence-electron chi connectivity index (χ1n) is 3.76. The van der Waals surface area contributed by atoms with Crippen molar-refractivity contribution >= 4 is 10.1 Å². The van der Waals surface area contributed by atoms with E-state index >= 15 is 0 Å². The minimum absolute atomic E-state index is 0.0611. The number of halogens is 2. The summed E-state index contributed by atoms with van der Waals surface area (Å²) in [4.78, 5) is -0.496. The van der Waals surface area contributed by atoms with Crippen molar-refractivity contribution in [2.75, 3.05) is 0 Å². The first kappa shape index (κ1) is 10.6. The molecular formula is C7H10F2O3S. The molecule has 0 heterocycles. The van der Waals surface area contributed by atoms with Crippen LogP contribution in [-0.4, -0.2) is 18.9 Å². The summed E-state index contributed by atoms with van der Waals surface area (Å²) in [6, 6.07) is 0. The molecule has 0 aromatic rings. The second-order valence-electron chi connectivity index (χ2n) is 3.24. The molecule has 1 fully saturated rings. The van der Waals surface area contributed by atoms with Gasteiger partial charge in [0.2, 0.25) is 5.92 Å². The summed E-state index contributed by atoms with van der Waals surface area (Å²) in [5.74, 6) is -3.64. The highest BCUT2D eigenvalue weighted by Crippen LogP contribution is 2.42. The molecule has 1 N–H and O–H groups in total. The van der Waals surface area contributed by atoms with Gasteiger partial charge in [-0.05, 0) is 6.42 Å². The highest BCUT2D eigenvalue weighted by atomic mass is 32.2. The lowest BCUT2D eigenvalue weighted by molar-refractivity contribution is 0.00662. The minimum atomic E-state index is -4.36. The van der Waals surface area contributed by atoms with Crippen molar-refractivity contribution in [2.45, 2.75) is 25.2 Å². The van der Waals surface area contributed by atoms with Gasteiger partial charge in [0.15, 0.2) is 0 Å². The normalized spacial score (nSPS) is 27.5. The predicted molar refractivity (Wildman–Crippen MR) is 43.0 cm³/mol. The first-order chi connectivity index (χ1) is 5.72. The fourth-order valence-corrected chi connectivity index (χ4v) is 2.06. The van der Waals surface area contributed by atoms with Crippen LogP contribution < -0.4 is 0 Å². The van der Waals surface area contributed by atoms with E-state index in [0.717, 1.165) is 0 Å². The summed E-state index contributed by atoms with van der Waals surface area (Å²) in [5.41, 5.74) is 0. The first-order valence-corrected chi connectivity index (χ1v) is 5.20. The molecule has 3 nitrogen and oxygen atoms in total. The average Bonchev–Trinajstić information content (AvgIpc) is 2.26. The van der Waals surface area contributed by atoms with Gasteiger partial charge in [-0.3, -0.25) is 4.55 Å². The van der Waals surface area contributed by atoms with Gasteiger partial charge in [-0.15, -0.1) is 0 Å². The van der Waals surface area contributed by atoms with Crippen LogP contribution in [0.25, 0.3) is 0 Å². The van der Waals surface area contributed by atoms with Crippen LogP contribution in [0.2, 0.25) is 0 Å². The van der Waals surface area contributed by atoms with Crippen LogP contribution in [0.3, 0.4) is 0 Å². The van der Waals surface area contributed by atoms with Crippen LogP contribution in [0.5, 0.6) is 0 Å². The summed E-state index contributed by atoms with van der Waals surface area (Å²) in [7, 11) is -4.36. The fraction of sp³-hybridized carbons (Fsp3) is 0.714. The van der Waals surface area contributed by atoms with Gasteiger partial charge >= 0.3 is 0 Å². The summed E-state index contributed by atoms with van der Waals surface area (Å²) in [5, 5.41) is 0. The molecule has 0 aliphatic heterocycles. The van der Waals surface area contributed by atoms with Crippen LogP contribution in [0.15, 0.2) is 11.5 Å². The van der Waals surface area contributed by atoms with E-state index in [1.54, 1.807) is 0 Å². The Morgan fingerprint density at radius 1 is 1.54 bits per heavy atom. The van der Waals surface area contributed by atoms with Crippen molar-refractivity contribution in [3.63, 3.8) is 0 Å². The van der Waals surface area contributed by atoms with Crippen LogP contribution >= 0.6 is 0 Å². The Kier molecular flexibility index (Phi) is 2.46. The van der Waals surface area contributed by atoms with E-state index < -0.39 is 33.3 Å². The number of hydrogen-bond acceptors (Lipinski definition) is 2. The Balaban J connectivity index is 2.74. The zero-order valence-electron chi connectivity index (χ0n) is 6.83. The third-order valence-electron chi connectivity index (χ3n) is 2.19. The largest absolute Gasteiger partial charge is 0.290 e. The molecule has 0 spiro atoms. The summed E-state index contributed by atoms with van der Waals surface area (Å²) >= 11 is 0. The average molecular weight is 212 g/mol. The number of allylic oxidation sites excluding steroid dienone is 1. The van der Waals surface area contributed by atoms with E-state index in [1.165, 1.54) is 0 Å². The Hall–Kier alpha value is -0.490. The highest BCUT2D eigenvalue weighted by Gasteiger charge is 2.42. The second kappa shape index (κ2) is 3.02. The summed E-state index contributed by atoms with van der Waals surface area (Å²) in [6.45, 7) is 3.10. The van der Waals surface area contributed by atoms with E-state index in [1.807, 2.05) is 0 Å². The Labute approximate surface area is 75.2 Å². The summed E-state index contributed by atoms with van der Waals surface area (Å²) in [6.07, 6.45) is -0.816. The van der Waals surface area contributed by atoms with E-state index in [0.29, 0.717) is 0 Å². The van der Waals surface area contributed by atoms with E-state index in [4.69, 9.17) is 4.55 Å². The topological polar surface area (TPSA) is 54.4 Å². The van der Waals surface area contributed by atoms with E-state index in [-0.39, 0.29) is 12.8 Å². The molecule has 6 heteroatoms. The fourth-order valence-electron chi connectivity index (χ4n) is 1.44. The number of rotatable bonds is 2. The molecule has 1 unspecified atom stereocenters. The van der Waals surface area contributed by atoms with Crippen LogP contribution in [0.1, 0.15) is 19.3 Å². The maximum absolute atomic E-state index is 12.6. The van der Waals surface area contributed by atoms with Gasteiger partial charge in [-0.2, -0.15) is 8.42 Å². The molecule has 1 aliphatic rings. The monoisotopic (exact) mass is 212 g/mol. The standard InChI is InChI=1S/C7H10F2O3S/c1-5(13(10,11)12)6-2-3-7(8,9)4-6/h6H,1-4H2,(H,10,11,12). The van der Waals surface area contributed by atoms with Gasteiger partial charge < -0.3 is 0 Å². The van der Waals surface area contributed by atoms with Crippen molar-refractivity contribution in [2.24, 2.45) is 5.92 Å². The molecule has 0 aromatic heterocycles. The Bertz CT molecular complexity index is 321. The molecule has 1 saturated carbocycles. The van der Waals surface area contributed by atoms with Crippen LogP contribution in [-0.2, 0) is 10.1 Å². The van der Waals surface area contributed by atoms with Gasteiger partial charge in [0.25, 0.3) is 10.1 Å². The summed E-state index contributed by atoms with van der Waals surface area (Å²) < 4.78 is 54.9. The number of alkyl halides is 2.